The fourth-order valence-electron chi connectivity index (χ4n) is 3.31. The second-order valence-electron chi connectivity index (χ2n) is 7.99. The van der Waals surface area contributed by atoms with E-state index < -0.39 is 28.8 Å². The number of hydrogen-bond donors (Lipinski definition) is 3. The van der Waals surface area contributed by atoms with E-state index in [9.17, 15) is 23.9 Å². The average molecular weight is 492 g/mol. The minimum atomic E-state index is -1.16. The minimum Gasteiger partial charge on any atom is -0.507 e. The average Bonchev–Trinajstić information content (AvgIpc) is 3.22. The van der Waals surface area contributed by atoms with Crippen molar-refractivity contribution in [1.82, 2.24) is 5.32 Å². The van der Waals surface area contributed by atoms with E-state index in [0.717, 1.165) is 29.0 Å². The number of unbranched alkanes of at least 4 members (excludes halogenated alkanes) is 2. The van der Waals surface area contributed by atoms with E-state index in [-0.39, 0.29) is 18.4 Å². The lowest BCUT2D eigenvalue weighted by Crippen LogP contribution is -2.16. The van der Waals surface area contributed by atoms with Crippen molar-refractivity contribution in [3.8, 4) is 5.75 Å². The molecule has 2 rings (SSSR count). The third-order valence-electron chi connectivity index (χ3n) is 5.21. The zero-order chi connectivity index (χ0) is 25.1. The first-order valence-electron chi connectivity index (χ1n) is 11.1. The molecule has 0 aromatic carbocycles. The second-order valence-corrected chi connectivity index (χ2v) is 9.19. The number of Topliss-reactive ketones (excluding diaryl/α,β-unsaturated/α-hetero) is 1. The Balaban J connectivity index is 2.06. The third kappa shape index (κ3) is 8.30. The molecule has 2 aromatic heterocycles. The molecule has 1 unspecified atom stereocenters. The van der Waals surface area contributed by atoms with Crippen molar-refractivity contribution >= 4 is 29.3 Å². The van der Waals surface area contributed by atoms with Crippen LogP contribution in [0.1, 0.15) is 77.7 Å². The fraction of sp³-hybridized carbons (Fsp3) is 0.400. The maximum absolute atomic E-state index is 12.8. The van der Waals surface area contributed by atoms with Gasteiger partial charge in [0.15, 0.2) is 5.78 Å². The van der Waals surface area contributed by atoms with Crippen molar-refractivity contribution < 1.29 is 28.6 Å². The van der Waals surface area contributed by atoms with Crippen molar-refractivity contribution in [2.75, 3.05) is 6.67 Å². The molecule has 0 saturated heterocycles. The molecule has 0 spiro atoms. The zero-order valence-corrected chi connectivity index (χ0v) is 20.1. The van der Waals surface area contributed by atoms with Crippen LogP contribution in [0.4, 0.5) is 9.18 Å². The van der Waals surface area contributed by atoms with Crippen molar-refractivity contribution in [1.29, 1.82) is 0 Å². The number of carboxylic acid groups (broad SMARTS) is 1. The Morgan fingerprint density at radius 1 is 1.26 bits per heavy atom. The summed E-state index contributed by atoms with van der Waals surface area (Å²) in [6, 6.07) is 5.14. The van der Waals surface area contributed by atoms with E-state index in [0.29, 0.717) is 24.8 Å². The molecule has 0 saturated carbocycles. The van der Waals surface area contributed by atoms with Gasteiger partial charge in [0.2, 0.25) is 0 Å². The Morgan fingerprint density at radius 2 is 2.03 bits per heavy atom. The predicted octanol–water partition coefficient (Wildman–Crippen LogP) is 6.04. The van der Waals surface area contributed by atoms with E-state index in [1.165, 1.54) is 23.6 Å². The number of hydrogen-bond acceptors (Lipinski definition) is 6. The van der Waals surface area contributed by atoms with Gasteiger partial charge in [0.1, 0.15) is 17.1 Å². The molecule has 1 amide bonds. The fourth-order valence-corrected chi connectivity index (χ4v) is 4.36. The Morgan fingerprint density at radius 3 is 2.71 bits per heavy atom. The van der Waals surface area contributed by atoms with Crippen LogP contribution in [-0.4, -0.2) is 28.8 Å². The molecule has 2 heterocycles. The molecule has 184 valence electrons. The Labute approximate surface area is 201 Å². The monoisotopic (exact) mass is 491 g/mol. The summed E-state index contributed by atoms with van der Waals surface area (Å²) in [5, 5.41) is 21.0. The lowest BCUT2D eigenvalue weighted by molar-refractivity contribution is 0.102. The highest BCUT2D eigenvalue weighted by molar-refractivity contribution is 7.12. The number of thiophene rings is 1. The summed E-state index contributed by atoms with van der Waals surface area (Å²) in [5.74, 6) is -1.02. The highest BCUT2D eigenvalue weighted by Gasteiger charge is 2.22. The van der Waals surface area contributed by atoms with Gasteiger partial charge >= 0.3 is 11.7 Å². The van der Waals surface area contributed by atoms with Gasteiger partial charge in [0, 0.05) is 27.9 Å². The highest BCUT2D eigenvalue weighted by Crippen LogP contribution is 2.27. The molecule has 0 fully saturated rings. The first kappa shape index (κ1) is 27.0. The lowest BCUT2D eigenvalue weighted by atomic mass is 10.00. The number of aryl methyl sites for hydroxylation is 1. The number of alkyl halides is 1. The molecule has 34 heavy (non-hydrogen) atoms. The number of rotatable bonds is 13. The van der Waals surface area contributed by atoms with E-state index >= 15 is 0 Å². The molecule has 9 heteroatoms. The number of halogens is 1. The molecular formula is C25H30FNO6S. The lowest BCUT2D eigenvalue weighted by Gasteiger charge is -2.11. The largest absolute Gasteiger partial charge is 0.507 e. The number of carbonyl (C=O) groups is 2. The minimum absolute atomic E-state index is 0.233. The molecule has 0 radical (unpaired) electrons. The van der Waals surface area contributed by atoms with Crippen LogP contribution in [0.3, 0.4) is 0 Å². The number of allylic oxidation sites excluding steroid dienone is 2. The van der Waals surface area contributed by atoms with Crippen molar-refractivity contribution in [3.05, 3.63) is 67.5 Å². The second kappa shape index (κ2) is 13.5. The van der Waals surface area contributed by atoms with E-state index in [1.54, 1.807) is 26.0 Å². The van der Waals surface area contributed by atoms with Crippen molar-refractivity contribution in [2.45, 2.75) is 58.3 Å². The third-order valence-corrected chi connectivity index (χ3v) is 6.30. The number of nitrogens with one attached hydrogen (secondary N) is 1. The summed E-state index contributed by atoms with van der Waals surface area (Å²) in [4.78, 5) is 37.7. The van der Waals surface area contributed by atoms with E-state index in [1.807, 2.05) is 12.1 Å². The zero-order valence-electron chi connectivity index (χ0n) is 19.3. The molecule has 1 atom stereocenters. The molecule has 2 aromatic rings. The number of amides is 1. The SMILES string of the molecule is CC(=Cc1ccc(CCCCCF)s1)C(=O)c1c(O)cc(C(C)CC/C=C/NC(=O)O)oc1=O. The molecule has 0 bridgehead atoms. The molecule has 0 aliphatic heterocycles. The van der Waals surface area contributed by atoms with Gasteiger partial charge in [-0.25, -0.2) is 9.59 Å². The predicted molar refractivity (Wildman–Crippen MR) is 130 cm³/mol. The van der Waals surface area contributed by atoms with Crippen LogP contribution in [0.25, 0.3) is 6.08 Å². The van der Waals surface area contributed by atoms with Gasteiger partial charge in [-0.3, -0.25) is 14.5 Å². The molecular weight excluding hydrogens is 461 g/mol. The first-order valence-corrected chi connectivity index (χ1v) is 11.9. The number of aromatic hydroxyl groups is 1. The van der Waals surface area contributed by atoms with E-state index in [4.69, 9.17) is 9.52 Å². The molecule has 0 aliphatic rings. The molecule has 3 N–H and O–H groups in total. The van der Waals surface area contributed by atoms with Gasteiger partial charge in [-0.15, -0.1) is 11.3 Å². The van der Waals surface area contributed by atoms with Gasteiger partial charge in [-0.1, -0.05) is 19.4 Å². The highest BCUT2D eigenvalue weighted by atomic mass is 32.1. The van der Waals surface area contributed by atoms with Crippen molar-refractivity contribution in [3.63, 3.8) is 0 Å². The van der Waals surface area contributed by atoms with Gasteiger partial charge in [0.25, 0.3) is 0 Å². The van der Waals surface area contributed by atoms with E-state index in [2.05, 4.69) is 5.32 Å². The standard InChI is InChI=1S/C25H30FNO6S/c1-16(8-5-7-13-27-25(31)32)21-15-20(28)22(24(30)33-21)23(29)17(2)14-19-11-10-18(34-19)9-4-3-6-12-26/h7,10-11,13-16,27-28H,3-6,8-9,12H2,1-2H3,(H,31,32)/b13-7+,17-14?. The van der Waals surface area contributed by atoms with Gasteiger partial charge in [0.05, 0.1) is 6.67 Å². The molecule has 0 aliphatic carbocycles. The molecule has 7 nitrogen and oxygen atoms in total. The number of carbonyl (C=O) groups excluding carboxylic acids is 1. The van der Waals surface area contributed by atoms with Crippen LogP contribution in [0.15, 0.2) is 45.3 Å². The van der Waals surface area contributed by atoms with Crippen molar-refractivity contribution in [2.24, 2.45) is 0 Å². The summed E-state index contributed by atoms with van der Waals surface area (Å²) >= 11 is 1.53. The van der Waals surface area contributed by atoms with Gasteiger partial charge < -0.3 is 14.6 Å². The first-order chi connectivity index (χ1) is 16.2. The normalized spacial score (nSPS) is 12.7. The van der Waals surface area contributed by atoms with Crippen LogP contribution < -0.4 is 10.9 Å². The van der Waals surface area contributed by atoms with Gasteiger partial charge in [-0.2, -0.15) is 0 Å². The summed E-state index contributed by atoms with van der Waals surface area (Å²) in [6.07, 6.45) is 7.67. The van der Waals surface area contributed by atoms with Crippen LogP contribution in [0, 0.1) is 0 Å². The Hall–Kier alpha value is -3.20. The van der Waals surface area contributed by atoms with Gasteiger partial charge in [-0.05, 0) is 62.8 Å². The van der Waals surface area contributed by atoms with Crippen LogP contribution >= 0.6 is 11.3 Å². The summed E-state index contributed by atoms with van der Waals surface area (Å²) in [6.45, 7) is 3.08. The van der Waals surface area contributed by atoms with Crippen LogP contribution in [-0.2, 0) is 6.42 Å². The Kier molecular flexibility index (Phi) is 10.7. The quantitative estimate of drug-likeness (QED) is 0.179. The number of ketones is 1. The van der Waals surface area contributed by atoms with Crippen LogP contribution in [0.5, 0.6) is 5.75 Å². The smallest absolute Gasteiger partial charge is 0.408 e. The maximum Gasteiger partial charge on any atom is 0.408 e. The summed E-state index contributed by atoms with van der Waals surface area (Å²) < 4.78 is 17.5. The maximum atomic E-state index is 12.8. The van der Waals surface area contributed by atoms with Crippen LogP contribution in [0.2, 0.25) is 0 Å². The Bertz CT molecular complexity index is 1100. The summed E-state index contributed by atoms with van der Waals surface area (Å²) in [5.41, 5.74) is -1.01. The summed E-state index contributed by atoms with van der Waals surface area (Å²) in [7, 11) is 0. The topological polar surface area (TPSA) is 117 Å².